The lowest BCUT2D eigenvalue weighted by Gasteiger charge is -2.20. The quantitative estimate of drug-likeness (QED) is 0.707. The Kier molecular flexibility index (Phi) is 4.41. The van der Waals surface area contributed by atoms with Crippen molar-refractivity contribution in [1.29, 1.82) is 0 Å². The molecule has 0 fully saturated rings. The number of amides is 1. The number of fused-ring (bicyclic) bond motifs is 1. The standard InChI is InChI=1S/C19H16ClN5OS/c1-9-23-8-12-14(24-9)7-15(25-18(12)21)17-13(20)6-16(27-17)10-3-2-4-11(5-10)19(22)26/h2-6,8,15H,7H2,1H3,(H2,21,25)(H2,22,26). The van der Waals surface area contributed by atoms with E-state index in [4.69, 9.17) is 23.1 Å². The first-order chi connectivity index (χ1) is 12.9. The van der Waals surface area contributed by atoms with Gasteiger partial charge in [0.15, 0.2) is 0 Å². The second kappa shape index (κ2) is 6.75. The first-order valence-electron chi connectivity index (χ1n) is 8.28. The van der Waals surface area contributed by atoms with E-state index in [1.807, 2.05) is 19.1 Å². The predicted molar refractivity (Wildman–Crippen MR) is 107 cm³/mol. The minimum absolute atomic E-state index is 0.197. The van der Waals surface area contributed by atoms with Crippen LogP contribution in [0.4, 0.5) is 0 Å². The van der Waals surface area contributed by atoms with Crippen LogP contribution in [0, 0.1) is 6.92 Å². The van der Waals surface area contributed by atoms with Gasteiger partial charge in [0, 0.05) is 27.9 Å². The number of aryl methyl sites for hydroxylation is 1. The van der Waals surface area contributed by atoms with Gasteiger partial charge in [-0.25, -0.2) is 9.97 Å². The number of nitrogens with zero attached hydrogens (tertiary/aromatic N) is 3. The summed E-state index contributed by atoms with van der Waals surface area (Å²) in [6.45, 7) is 1.85. The number of nitrogens with two attached hydrogens (primary N) is 2. The molecule has 1 atom stereocenters. The van der Waals surface area contributed by atoms with Gasteiger partial charge in [-0.1, -0.05) is 23.7 Å². The number of aromatic nitrogens is 2. The number of carbonyl (C=O) groups is 1. The molecule has 3 aromatic rings. The number of rotatable bonds is 3. The number of hydrogen-bond acceptors (Lipinski definition) is 6. The summed E-state index contributed by atoms with van der Waals surface area (Å²) in [5.74, 6) is 0.655. The molecule has 1 aromatic carbocycles. The predicted octanol–water partition coefficient (Wildman–Crippen LogP) is 3.27. The van der Waals surface area contributed by atoms with Crippen molar-refractivity contribution < 1.29 is 4.79 Å². The third-order valence-electron chi connectivity index (χ3n) is 4.39. The van der Waals surface area contributed by atoms with Crippen molar-refractivity contribution in [3.63, 3.8) is 0 Å². The van der Waals surface area contributed by atoms with Crippen LogP contribution in [0.3, 0.4) is 0 Å². The maximum Gasteiger partial charge on any atom is 0.248 e. The van der Waals surface area contributed by atoms with Gasteiger partial charge in [0.05, 0.1) is 22.3 Å². The van der Waals surface area contributed by atoms with Crippen LogP contribution in [0.5, 0.6) is 0 Å². The fourth-order valence-electron chi connectivity index (χ4n) is 3.08. The van der Waals surface area contributed by atoms with Gasteiger partial charge in [-0.05, 0) is 30.7 Å². The molecule has 1 aliphatic rings. The zero-order valence-electron chi connectivity index (χ0n) is 14.4. The average molecular weight is 398 g/mol. The molecule has 0 saturated heterocycles. The monoisotopic (exact) mass is 397 g/mol. The Morgan fingerprint density at radius 1 is 1.33 bits per heavy atom. The number of thiophene rings is 1. The topological polar surface area (TPSA) is 107 Å². The molecule has 0 aliphatic carbocycles. The Labute approximate surface area is 164 Å². The molecule has 2 aromatic heterocycles. The van der Waals surface area contributed by atoms with Gasteiger partial charge in [0.2, 0.25) is 5.91 Å². The number of benzene rings is 1. The van der Waals surface area contributed by atoms with E-state index in [9.17, 15) is 4.79 Å². The molecule has 6 nitrogen and oxygen atoms in total. The first kappa shape index (κ1) is 17.6. The van der Waals surface area contributed by atoms with Gasteiger partial charge in [-0.15, -0.1) is 11.3 Å². The highest BCUT2D eigenvalue weighted by Crippen LogP contribution is 2.41. The van der Waals surface area contributed by atoms with Gasteiger partial charge < -0.3 is 11.5 Å². The van der Waals surface area contributed by atoms with E-state index < -0.39 is 5.91 Å². The smallest absolute Gasteiger partial charge is 0.248 e. The molecule has 136 valence electrons. The lowest BCUT2D eigenvalue weighted by Crippen LogP contribution is -2.24. The summed E-state index contributed by atoms with van der Waals surface area (Å²) in [5, 5.41) is 0.621. The Bertz CT molecular complexity index is 1090. The molecule has 8 heteroatoms. The van der Waals surface area contributed by atoms with Crippen LogP contribution in [0.1, 0.15) is 38.4 Å². The van der Waals surface area contributed by atoms with E-state index in [-0.39, 0.29) is 6.04 Å². The summed E-state index contributed by atoms with van der Waals surface area (Å²) in [4.78, 5) is 26.6. The summed E-state index contributed by atoms with van der Waals surface area (Å²) in [6.07, 6.45) is 2.32. The molecule has 0 spiro atoms. The van der Waals surface area contributed by atoms with Gasteiger partial charge in [0.25, 0.3) is 0 Å². The van der Waals surface area contributed by atoms with Crippen molar-refractivity contribution in [2.24, 2.45) is 16.5 Å². The zero-order chi connectivity index (χ0) is 19.1. The molecule has 0 radical (unpaired) electrons. The molecule has 0 saturated carbocycles. The first-order valence-corrected chi connectivity index (χ1v) is 9.47. The van der Waals surface area contributed by atoms with E-state index in [0.29, 0.717) is 28.7 Å². The molecule has 27 heavy (non-hydrogen) atoms. The molecular weight excluding hydrogens is 382 g/mol. The Balaban J connectivity index is 1.71. The fourth-order valence-corrected chi connectivity index (χ4v) is 4.58. The minimum Gasteiger partial charge on any atom is -0.383 e. The number of halogens is 1. The highest BCUT2D eigenvalue weighted by atomic mass is 35.5. The van der Waals surface area contributed by atoms with Crippen LogP contribution in [0.15, 0.2) is 41.5 Å². The lowest BCUT2D eigenvalue weighted by atomic mass is 10.0. The number of amidine groups is 1. The van der Waals surface area contributed by atoms with Crippen LogP contribution >= 0.6 is 22.9 Å². The lowest BCUT2D eigenvalue weighted by molar-refractivity contribution is 0.100. The van der Waals surface area contributed by atoms with Crippen molar-refractivity contribution >= 4 is 34.7 Å². The largest absolute Gasteiger partial charge is 0.383 e. The molecule has 4 N–H and O–H groups in total. The van der Waals surface area contributed by atoms with Gasteiger partial charge >= 0.3 is 0 Å². The third kappa shape index (κ3) is 3.31. The van der Waals surface area contributed by atoms with Crippen LogP contribution < -0.4 is 11.5 Å². The van der Waals surface area contributed by atoms with E-state index in [1.54, 1.807) is 24.4 Å². The summed E-state index contributed by atoms with van der Waals surface area (Å²) in [5.41, 5.74) is 14.5. The average Bonchev–Trinajstić information content (AvgIpc) is 3.03. The van der Waals surface area contributed by atoms with Crippen LogP contribution in [0.2, 0.25) is 5.02 Å². The highest BCUT2D eigenvalue weighted by Gasteiger charge is 2.26. The summed E-state index contributed by atoms with van der Waals surface area (Å²) < 4.78 is 0. The SMILES string of the molecule is Cc1ncc2c(n1)CC(c1sc(-c3cccc(C(N)=O)c3)cc1Cl)N=C2N. The van der Waals surface area contributed by atoms with Crippen molar-refractivity contribution in [2.75, 3.05) is 0 Å². The summed E-state index contributed by atoms with van der Waals surface area (Å²) >= 11 is 8.04. The molecule has 1 aliphatic heterocycles. The summed E-state index contributed by atoms with van der Waals surface area (Å²) in [7, 11) is 0. The van der Waals surface area contributed by atoms with Crippen molar-refractivity contribution in [3.05, 3.63) is 69.1 Å². The van der Waals surface area contributed by atoms with Gasteiger partial charge in [-0.2, -0.15) is 0 Å². The van der Waals surface area contributed by atoms with Crippen molar-refractivity contribution in [2.45, 2.75) is 19.4 Å². The van der Waals surface area contributed by atoms with Gasteiger partial charge in [-0.3, -0.25) is 9.79 Å². The molecule has 4 rings (SSSR count). The molecule has 3 heterocycles. The molecular formula is C19H16ClN5OS. The molecule has 1 amide bonds. The Hall–Kier alpha value is -2.77. The van der Waals surface area contributed by atoms with E-state index in [1.165, 1.54) is 11.3 Å². The second-order valence-corrected chi connectivity index (χ2v) is 7.77. The normalized spacial score (nSPS) is 15.9. The van der Waals surface area contributed by atoms with Gasteiger partial charge in [0.1, 0.15) is 11.7 Å². The molecule has 0 bridgehead atoms. The maximum atomic E-state index is 11.4. The Morgan fingerprint density at radius 2 is 2.15 bits per heavy atom. The second-order valence-electron chi connectivity index (χ2n) is 6.28. The number of primary amides is 1. The van der Waals surface area contributed by atoms with Crippen LogP contribution in [0.25, 0.3) is 10.4 Å². The fraction of sp³-hybridized carbons (Fsp3) is 0.158. The van der Waals surface area contributed by atoms with E-state index in [0.717, 1.165) is 26.6 Å². The molecule has 1 unspecified atom stereocenters. The zero-order valence-corrected chi connectivity index (χ0v) is 16.0. The van der Waals surface area contributed by atoms with E-state index >= 15 is 0 Å². The van der Waals surface area contributed by atoms with Crippen molar-refractivity contribution in [1.82, 2.24) is 9.97 Å². The van der Waals surface area contributed by atoms with Crippen molar-refractivity contribution in [3.8, 4) is 10.4 Å². The van der Waals surface area contributed by atoms with Crippen LogP contribution in [-0.2, 0) is 6.42 Å². The van der Waals surface area contributed by atoms with E-state index in [2.05, 4.69) is 15.0 Å². The highest BCUT2D eigenvalue weighted by molar-refractivity contribution is 7.16. The Morgan fingerprint density at radius 3 is 2.93 bits per heavy atom. The summed E-state index contributed by atoms with van der Waals surface area (Å²) in [6, 6.07) is 8.86. The third-order valence-corrected chi connectivity index (χ3v) is 6.10. The maximum absolute atomic E-state index is 11.4. The number of carbonyl (C=O) groups excluding carboxylic acids is 1. The van der Waals surface area contributed by atoms with Crippen LogP contribution in [-0.4, -0.2) is 21.7 Å². The number of aliphatic imine (C=N–C) groups is 1. The minimum atomic E-state index is -0.462. The number of hydrogen-bond donors (Lipinski definition) is 2.